The maximum atomic E-state index is 11.5. The lowest BCUT2D eigenvalue weighted by Crippen LogP contribution is -2.26. The second-order valence-corrected chi connectivity index (χ2v) is 4.61. The highest BCUT2D eigenvalue weighted by Gasteiger charge is 2.28. The van der Waals surface area contributed by atoms with Crippen LogP contribution in [0.15, 0.2) is 36.9 Å². The fourth-order valence-electron chi connectivity index (χ4n) is 2.48. The number of carbonyl (C=O) groups is 1. The van der Waals surface area contributed by atoms with Gasteiger partial charge in [0.25, 0.3) is 0 Å². The van der Waals surface area contributed by atoms with Crippen molar-refractivity contribution in [1.29, 1.82) is 0 Å². The van der Waals surface area contributed by atoms with Crippen LogP contribution in [0.3, 0.4) is 0 Å². The van der Waals surface area contributed by atoms with Gasteiger partial charge in [-0.15, -0.1) is 0 Å². The zero-order chi connectivity index (χ0) is 12.5. The van der Waals surface area contributed by atoms with Crippen LogP contribution in [0, 0.1) is 0 Å². The molecule has 1 aliphatic heterocycles. The second kappa shape index (κ2) is 4.29. The molecule has 18 heavy (non-hydrogen) atoms. The van der Waals surface area contributed by atoms with Crippen molar-refractivity contribution < 1.29 is 4.79 Å². The Morgan fingerprint density at radius 2 is 2.33 bits per heavy atom. The molecule has 1 fully saturated rings. The number of nitrogens with one attached hydrogen (secondary N) is 1. The summed E-state index contributed by atoms with van der Waals surface area (Å²) in [7, 11) is 0. The van der Waals surface area contributed by atoms with Gasteiger partial charge >= 0.3 is 0 Å². The van der Waals surface area contributed by atoms with E-state index in [0.29, 0.717) is 5.92 Å². The third-order valence-corrected chi connectivity index (χ3v) is 3.47. The Labute approximate surface area is 105 Å². The molecule has 0 radical (unpaired) electrons. The minimum atomic E-state index is 0.00797. The molecule has 1 aromatic carbocycles. The Morgan fingerprint density at radius 3 is 3.11 bits per heavy atom. The molecule has 0 saturated carbocycles. The number of amides is 1. The quantitative estimate of drug-likeness (QED) is 0.818. The van der Waals surface area contributed by atoms with Crippen LogP contribution >= 0.6 is 0 Å². The number of benzene rings is 1. The predicted octanol–water partition coefficient (Wildman–Crippen LogP) is 2.06. The van der Waals surface area contributed by atoms with Crippen LogP contribution in [0.4, 0.5) is 0 Å². The molecule has 2 aromatic rings. The molecule has 0 bridgehead atoms. The summed E-state index contributed by atoms with van der Waals surface area (Å²) in [6, 6.07) is 7.99. The molecule has 1 amide bonds. The summed E-state index contributed by atoms with van der Waals surface area (Å²) in [6.45, 7) is 5.03. The molecular formula is C14H15N3O. The van der Waals surface area contributed by atoms with Crippen molar-refractivity contribution in [3.8, 4) is 0 Å². The Morgan fingerprint density at radius 1 is 1.50 bits per heavy atom. The molecule has 3 rings (SSSR count). The van der Waals surface area contributed by atoms with Crippen LogP contribution in [0.2, 0.25) is 0 Å². The molecular weight excluding hydrogens is 226 g/mol. The zero-order valence-corrected chi connectivity index (χ0v) is 10.1. The van der Waals surface area contributed by atoms with Crippen LogP contribution < -0.4 is 0 Å². The molecule has 0 aliphatic carbocycles. The van der Waals surface area contributed by atoms with Gasteiger partial charge in [0.1, 0.15) is 5.82 Å². The largest absolute Gasteiger partial charge is 0.342 e. The standard InChI is InChI=1S/C14H15N3O/c1-2-13(18)17-8-7-10(9-17)14-15-11-5-3-4-6-12(11)16-14/h2-6,10H,1,7-9H2,(H,15,16). The maximum Gasteiger partial charge on any atom is 0.245 e. The van der Waals surface area contributed by atoms with Gasteiger partial charge in [-0.25, -0.2) is 4.98 Å². The van der Waals surface area contributed by atoms with Crippen molar-refractivity contribution in [2.75, 3.05) is 13.1 Å². The Bertz CT molecular complexity index is 569. The molecule has 4 nitrogen and oxygen atoms in total. The lowest BCUT2D eigenvalue weighted by molar-refractivity contribution is -0.125. The van der Waals surface area contributed by atoms with Crippen LogP contribution in [0.25, 0.3) is 11.0 Å². The number of aromatic nitrogens is 2. The van der Waals surface area contributed by atoms with Gasteiger partial charge in [0.05, 0.1) is 11.0 Å². The Balaban J connectivity index is 1.84. The van der Waals surface area contributed by atoms with E-state index in [1.54, 1.807) is 0 Å². The SMILES string of the molecule is C=CC(=O)N1CCC(c2nc3ccccc3[nH]2)C1. The summed E-state index contributed by atoms with van der Waals surface area (Å²) >= 11 is 0. The smallest absolute Gasteiger partial charge is 0.245 e. The number of hydrogen-bond donors (Lipinski definition) is 1. The minimum Gasteiger partial charge on any atom is -0.342 e. The molecule has 2 heterocycles. The van der Waals surface area contributed by atoms with E-state index in [4.69, 9.17) is 0 Å². The number of carbonyl (C=O) groups excluding carboxylic acids is 1. The average molecular weight is 241 g/mol. The lowest BCUT2D eigenvalue weighted by Gasteiger charge is -2.12. The summed E-state index contributed by atoms with van der Waals surface area (Å²) in [5.41, 5.74) is 2.04. The van der Waals surface area contributed by atoms with E-state index in [2.05, 4.69) is 16.5 Å². The minimum absolute atomic E-state index is 0.00797. The molecule has 0 spiro atoms. The second-order valence-electron chi connectivity index (χ2n) is 4.61. The fraction of sp³-hybridized carbons (Fsp3) is 0.286. The number of hydrogen-bond acceptors (Lipinski definition) is 2. The maximum absolute atomic E-state index is 11.5. The van der Waals surface area contributed by atoms with Gasteiger partial charge in [-0.3, -0.25) is 4.79 Å². The van der Waals surface area contributed by atoms with Gasteiger partial charge in [-0.1, -0.05) is 18.7 Å². The number of rotatable bonds is 2. The van der Waals surface area contributed by atoms with Crippen LogP contribution in [0.1, 0.15) is 18.2 Å². The number of aromatic amines is 1. The van der Waals surface area contributed by atoms with Crippen molar-refractivity contribution in [3.63, 3.8) is 0 Å². The number of nitrogens with zero attached hydrogens (tertiary/aromatic N) is 2. The van der Waals surface area contributed by atoms with Crippen molar-refractivity contribution in [2.24, 2.45) is 0 Å². The summed E-state index contributed by atoms with van der Waals surface area (Å²) in [4.78, 5) is 21.3. The third kappa shape index (κ3) is 1.79. The number of para-hydroxylation sites is 2. The van der Waals surface area contributed by atoms with Gasteiger partial charge < -0.3 is 9.88 Å². The summed E-state index contributed by atoms with van der Waals surface area (Å²) in [5.74, 6) is 1.30. The average Bonchev–Trinajstić information content (AvgIpc) is 3.03. The Kier molecular flexibility index (Phi) is 2.63. The van der Waals surface area contributed by atoms with Crippen molar-refractivity contribution in [1.82, 2.24) is 14.9 Å². The van der Waals surface area contributed by atoms with Gasteiger partial charge in [0.15, 0.2) is 0 Å². The topological polar surface area (TPSA) is 49.0 Å². The first kappa shape index (κ1) is 11.0. The molecule has 1 aliphatic rings. The van der Waals surface area contributed by atoms with E-state index in [1.807, 2.05) is 29.2 Å². The first-order valence-corrected chi connectivity index (χ1v) is 6.14. The van der Waals surface area contributed by atoms with E-state index in [1.165, 1.54) is 6.08 Å². The molecule has 92 valence electrons. The lowest BCUT2D eigenvalue weighted by atomic mass is 10.1. The molecule has 1 unspecified atom stereocenters. The van der Waals surface area contributed by atoms with E-state index < -0.39 is 0 Å². The summed E-state index contributed by atoms with van der Waals surface area (Å²) < 4.78 is 0. The summed E-state index contributed by atoms with van der Waals surface area (Å²) in [5, 5.41) is 0. The molecule has 1 aromatic heterocycles. The van der Waals surface area contributed by atoms with Crippen molar-refractivity contribution >= 4 is 16.9 Å². The molecule has 1 N–H and O–H groups in total. The number of likely N-dealkylation sites (tertiary alicyclic amines) is 1. The molecule has 1 saturated heterocycles. The first-order valence-electron chi connectivity index (χ1n) is 6.14. The number of fused-ring (bicyclic) bond motifs is 1. The highest BCUT2D eigenvalue weighted by atomic mass is 16.2. The van der Waals surface area contributed by atoms with E-state index in [-0.39, 0.29) is 5.91 Å². The van der Waals surface area contributed by atoms with Gasteiger partial charge in [-0.05, 0) is 24.6 Å². The summed E-state index contributed by atoms with van der Waals surface area (Å²) in [6.07, 6.45) is 2.33. The van der Waals surface area contributed by atoms with E-state index >= 15 is 0 Å². The van der Waals surface area contributed by atoms with Gasteiger partial charge in [0.2, 0.25) is 5.91 Å². The fourth-order valence-corrected chi connectivity index (χ4v) is 2.48. The normalized spacial score (nSPS) is 19.3. The highest BCUT2D eigenvalue weighted by molar-refractivity contribution is 5.87. The monoisotopic (exact) mass is 241 g/mol. The van der Waals surface area contributed by atoms with Crippen molar-refractivity contribution in [3.05, 3.63) is 42.7 Å². The van der Waals surface area contributed by atoms with Gasteiger partial charge in [0, 0.05) is 19.0 Å². The molecule has 4 heteroatoms. The van der Waals surface area contributed by atoms with Crippen LogP contribution in [0.5, 0.6) is 0 Å². The van der Waals surface area contributed by atoms with Crippen LogP contribution in [-0.2, 0) is 4.79 Å². The van der Waals surface area contributed by atoms with Crippen LogP contribution in [-0.4, -0.2) is 33.9 Å². The zero-order valence-electron chi connectivity index (χ0n) is 10.1. The molecule has 1 atom stereocenters. The highest BCUT2D eigenvalue weighted by Crippen LogP contribution is 2.26. The van der Waals surface area contributed by atoms with Gasteiger partial charge in [-0.2, -0.15) is 0 Å². The third-order valence-electron chi connectivity index (χ3n) is 3.47. The van der Waals surface area contributed by atoms with E-state index in [9.17, 15) is 4.79 Å². The number of imidazole rings is 1. The number of H-pyrrole nitrogens is 1. The predicted molar refractivity (Wildman–Crippen MR) is 70.2 cm³/mol. The Hall–Kier alpha value is -2.10. The van der Waals surface area contributed by atoms with Crippen molar-refractivity contribution in [2.45, 2.75) is 12.3 Å². The first-order chi connectivity index (χ1) is 8.78. The van der Waals surface area contributed by atoms with E-state index in [0.717, 1.165) is 36.4 Å².